The van der Waals surface area contributed by atoms with Crippen molar-refractivity contribution < 1.29 is 9.90 Å². The van der Waals surface area contributed by atoms with E-state index in [4.69, 9.17) is 5.11 Å². The second-order valence-electron chi connectivity index (χ2n) is 5.90. The van der Waals surface area contributed by atoms with Crippen LogP contribution in [0.25, 0.3) is 0 Å². The van der Waals surface area contributed by atoms with Crippen LogP contribution in [-0.2, 0) is 0 Å². The highest BCUT2D eigenvalue weighted by Gasteiger charge is 2.21. The molecule has 0 saturated carbocycles. The predicted octanol–water partition coefficient (Wildman–Crippen LogP) is 2.75. The van der Waals surface area contributed by atoms with E-state index in [1.165, 1.54) is 12.6 Å². The van der Waals surface area contributed by atoms with Crippen molar-refractivity contribution in [3.8, 4) is 0 Å². The Morgan fingerprint density at radius 1 is 1.40 bits per heavy atom. The highest BCUT2D eigenvalue weighted by Crippen LogP contribution is 2.26. The lowest BCUT2D eigenvalue weighted by Gasteiger charge is -2.21. The number of carboxylic acid groups (broad SMARTS) is 1. The van der Waals surface area contributed by atoms with Gasteiger partial charge in [0, 0.05) is 19.3 Å². The fourth-order valence-corrected chi connectivity index (χ4v) is 2.81. The van der Waals surface area contributed by atoms with Crippen LogP contribution in [0.5, 0.6) is 0 Å². The van der Waals surface area contributed by atoms with Gasteiger partial charge >= 0.3 is 5.97 Å². The molecule has 1 saturated heterocycles. The molecular formula is C15H23N3O2. The van der Waals surface area contributed by atoms with Crippen LogP contribution < -0.4 is 4.90 Å². The maximum absolute atomic E-state index is 11.0. The normalized spacial score (nSPS) is 20.0. The summed E-state index contributed by atoms with van der Waals surface area (Å²) in [6, 6.07) is 0. The molecule has 0 amide bonds. The smallest absolute Gasteiger partial charge is 0.339 e. The van der Waals surface area contributed by atoms with Gasteiger partial charge in [-0.25, -0.2) is 14.8 Å². The Hall–Kier alpha value is -1.65. The molecule has 0 aliphatic carbocycles. The lowest BCUT2D eigenvalue weighted by molar-refractivity contribution is 0.0695. The second kappa shape index (κ2) is 6.20. The highest BCUT2D eigenvalue weighted by molar-refractivity contribution is 5.88. The first-order valence-electron chi connectivity index (χ1n) is 7.31. The summed E-state index contributed by atoms with van der Waals surface area (Å²) >= 11 is 0. The zero-order valence-electron chi connectivity index (χ0n) is 12.5. The van der Waals surface area contributed by atoms with E-state index in [1.54, 1.807) is 6.92 Å². The molecule has 1 aromatic rings. The topological polar surface area (TPSA) is 66.3 Å². The summed E-state index contributed by atoms with van der Waals surface area (Å²) in [4.78, 5) is 21.8. The van der Waals surface area contributed by atoms with E-state index >= 15 is 0 Å². The molecule has 1 unspecified atom stereocenters. The molecular weight excluding hydrogens is 254 g/mol. The average Bonchev–Trinajstić information content (AvgIpc) is 2.63. The van der Waals surface area contributed by atoms with Crippen molar-refractivity contribution in [2.24, 2.45) is 11.8 Å². The fourth-order valence-electron chi connectivity index (χ4n) is 2.81. The van der Waals surface area contributed by atoms with Gasteiger partial charge in [0.15, 0.2) is 0 Å². The van der Waals surface area contributed by atoms with Crippen molar-refractivity contribution in [3.05, 3.63) is 17.5 Å². The van der Waals surface area contributed by atoms with Crippen molar-refractivity contribution >= 4 is 11.9 Å². The Balaban J connectivity index is 2.12. The molecule has 1 fully saturated rings. The minimum Gasteiger partial charge on any atom is -0.478 e. The maximum atomic E-state index is 11.0. The van der Waals surface area contributed by atoms with Crippen LogP contribution in [0.1, 0.15) is 49.2 Å². The third-order valence-electron chi connectivity index (χ3n) is 4.20. The fraction of sp³-hybridized carbons (Fsp3) is 0.667. The van der Waals surface area contributed by atoms with Gasteiger partial charge in [-0.15, -0.1) is 0 Å². The van der Waals surface area contributed by atoms with Crippen molar-refractivity contribution in [1.82, 2.24) is 9.97 Å². The van der Waals surface area contributed by atoms with Crippen LogP contribution >= 0.6 is 0 Å². The number of carboxylic acids is 1. The first-order chi connectivity index (χ1) is 9.49. The number of aryl methyl sites for hydroxylation is 1. The van der Waals surface area contributed by atoms with Gasteiger partial charge in [0.05, 0.1) is 11.3 Å². The Morgan fingerprint density at radius 2 is 2.15 bits per heavy atom. The number of anilines is 1. The Labute approximate surface area is 120 Å². The molecule has 1 atom stereocenters. The zero-order chi connectivity index (χ0) is 14.7. The molecule has 1 aliphatic heterocycles. The van der Waals surface area contributed by atoms with Crippen LogP contribution in [-0.4, -0.2) is 34.1 Å². The average molecular weight is 277 g/mol. The number of aromatic nitrogens is 2. The Morgan fingerprint density at radius 3 is 2.75 bits per heavy atom. The van der Waals surface area contributed by atoms with Gasteiger partial charge in [0.1, 0.15) is 0 Å². The summed E-state index contributed by atoms with van der Waals surface area (Å²) in [7, 11) is 0. The molecule has 5 heteroatoms. The quantitative estimate of drug-likeness (QED) is 0.920. The Bertz CT molecular complexity index is 488. The lowest BCUT2D eigenvalue weighted by atomic mass is 9.89. The van der Waals surface area contributed by atoms with Gasteiger partial charge in [0.2, 0.25) is 5.95 Å². The highest BCUT2D eigenvalue weighted by atomic mass is 16.4. The van der Waals surface area contributed by atoms with Gasteiger partial charge < -0.3 is 10.0 Å². The number of aromatic carboxylic acids is 1. The standard InChI is InChI=1S/C15H23N3O2/c1-10(2)12-5-4-7-18(8-6-12)15-16-9-13(14(19)20)11(3)17-15/h9-10,12H,4-8H2,1-3H3,(H,19,20). The number of hydrogen-bond donors (Lipinski definition) is 1. The first-order valence-corrected chi connectivity index (χ1v) is 7.31. The molecule has 0 aromatic carbocycles. The number of rotatable bonds is 3. The third-order valence-corrected chi connectivity index (χ3v) is 4.20. The van der Waals surface area contributed by atoms with Crippen LogP contribution in [0.3, 0.4) is 0 Å². The van der Waals surface area contributed by atoms with Crippen molar-refractivity contribution in [2.45, 2.75) is 40.0 Å². The number of nitrogens with zero attached hydrogens (tertiary/aromatic N) is 3. The van der Waals surface area contributed by atoms with E-state index in [0.29, 0.717) is 17.6 Å². The van der Waals surface area contributed by atoms with Crippen LogP contribution in [0.2, 0.25) is 0 Å². The Kier molecular flexibility index (Phi) is 4.57. The van der Waals surface area contributed by atoms with Gasteiger partial charge in [-0.1, -0.05) is 13.8 Å². The van der Waals surface area contributed by atoms with Gasteiger partial charge in [-0.05, 0) is 38.0 Å². The van der Waals surface area contributed by atoms with Crippen molar-refractivity contribution in [1.29, 1.82) is 0 Å². The van der Waals surface area contributed by atoms with E-state index in [0.717, 1.165) is 31.8 Å². The summed E-state index contributed by atoms with van der Waals surface area (Å²) in [6.07, 6.45) is 4.97. The first kappa shape index (κ1) is 14.8. The molecule has 5 nitrogen and oxygen atoms in total. The molecule has 20 heavy (non-hydrogen) atoms. The van der Waals surface area contributed by atoms with E-state index < -0.39 is 5.97 Å². The molecule has 1 N–H and O–H groups in total. The van der Waals surface area contributed by atoms with Gasteiger partial charge in [-0.3, -0.25) is 0 Å². The lowest BCUT2D eigenvalue weighted by Crippen LogP contribution is -2.27. The summed E-state index contributed by atoms with van der Waals surface area (Å²) in [5.74, 6) is 1.17. The number of carbonyl (C=O) groups is 1. The monoisotopic (exact) mass is 277 g/mol. The largest absolute Gasteiger partial charge is 0.478 e. The minimum absolute atomic E-state index is 0.184. The minimum atomic E-state index is -0.968. The number of hydrogen-bond acceptors (Lipinski definition) is 4. The predicted molar refractivity (Wildman–Crippen MR) is 78.1 cm³/mol. The molecule has 1 aliphatic rings. The van der Waals surface area contributed by atoms with Gasteiger partial charge in [0.25, 0.3) is 0 Å². The SMILES string of the molecule is Cc1nc(N2CCCC(C(C)C)CC2)ncc1C(=O)O. The van der Waals surface area contributed by atoms with Crippen LogP contribution in [0.15, 0.2) is 6.20 Å². The van der Waals surface area contributed by atoms with E-state index in [2.05, 4.69) is 28.7 Å². The summed E-state index contributed by atoms with van der Waals surface area (Å²) < 4.78 is 0. The molecule has 0 radical (unpaired) electrons. The third kappa shape index (κ3) is 3.26. The van der Waals surface area contributed by atoms with E-state index in [9.17, 15) is 4.79 Å². The molecule has 2 rings (SSSR count). The molecule has 0 bridgehead atoms. The molecule has 2 heterocycles. The van der Waals surface area contributed by atoms with Crippen LogP contribution in [0, 0.1) is 18.8 Å². The second-order valence-corrected chi connectivity index (χ2v) is 5.90. The van der Waals surface area contributed by atoms with Crippen molar-refractivity contribution in [2.75, 3.05) is 18.0 Å². The maximum Gasteiger partial charge on any atom is 0.339 e. The van der Waals surface area contributed by atoms with E-state index in [1.807, 2.05) is 0 Å². The molecule has 0 spiro atoms. The molecule has 110 valence electrons. The van der Waals surface area contributed by atoms with Gasteiger partial charge in [-0.2, -0.15) is 0 Å². The summed E-state index contributed by atoms with van der Waals surface area (Å²) in [5.41, 5.74) is 0.718. The zero-order valence-corrected chi connectivity index (χ0v) is 12.5. The summed E-state index contributed by atoms with van der Waals surface area (Å²) in [5, 5.41) is 9.01. The molecule has 1 aromatic heterocycles. The van der Waals surface area contributed by atoms with Crippen molar-refractivity contribution in [3.63, 3.8) is 0 Å². The summed E-state index contributed by atoms with van der Waals surface area (Å²) in [6.45, 7) is 8.19. The van der Waals surface area contributed by atoms with E-state index in [-0.39, 0.29) is 5.56 Å². The van der Waals surface area contributed by atoms with Crippen LogP contribution in [0.4, 0.5) is 5.95 Å².